The summed E-state index contributed by atoms with van der Waals surface area (Å²) in [6.07, 6.45) is 6.03. The topological polar surface area (TPSA) is 72.9 Å². The summed E-state index contributed by atoms with van der Waals surface area (Å²) in [6.45, 7) is 5.26. The third-order valence-corrected chi connectivity index (χ3v) is 5.01. The van der Waals surface area contributed by atoms with Gasteiger partial charge in [-0.05, 0) is 35.0 Å². The molecule has 3 aromatic heterocycles. The number of fused-ring (bicyclic) bond motifs is 1. The molecule has 1 fully saturated rings. The third-order valence-electron chi connectivity index (χ3n) is 4.58. The van der Waals surface area contributed by atoms with Crippen LogP contribution in [0.1, 0.15) is 19.4 Å². The Morgan fingerprint density at radius 3 is 2.88 bits per heavy atom. The lowest BCUT2D eigenvalue weighted by molar-refractivity contribution is 0.110. The number of hydrogen-bond donors (Lipinski definition) is 1. The molecular weight excluding hydrogens is 387 g/mol. The van der Waals surface area contributed by atoms with Crippen molar-refractivity contribution >= 4 is 32.8 Å². The molecule has 130 valence electrons. The minimum atomic E-state index is -0.484. The van der Waals surface area contributed by atoms with Gasteiger partial charge in [-0.3, -0.25) is 4.90 Å². The van der Waals surface area contributed by atoms with Gasteiger partial charge in [0.1, 0.15) is 10.3 Å². The molecule has 1 saturated heterocycles. The van der Waals surface area contributed by atoms with Gasteiger partial charge < -0.3 is 10.3 Å². The Morgan fingerprint density at radius 1 is 1.32 bits per heavy atom. The van der Waals surface area contributed by atoms with E-state index in [-0.39, 0.29) is 11.6 Å². The zero-order chi connectivity index (χ0) is 17.6. The van der Waals surface area contributed by atoms with E-state index in [0.29, 0.717) is 16.2 Å². The monoisotopic (exact) mass is 404 g/mol. The highest BCUT2D eigenvalue weighted by Crippen LogP contribution is 2.36. The Balaban J connectivity index is 1.82. The maximum Gasteiger partial charge on any atom is 0.220 e. The van der Waals surface area contributed by atoms with Gasteiger partial charge in [-0.25, -0.2) is 19.3 Å². The van der Waals surface area contributed by atoms with Crippen LogP contribution in [0.15, 0.2) is 29.3 Å². The van der Waals surface area contributed by atoms with E-state index in [9.17, 15) is 4.39 Å². The van der Waals surface area contributed by atoms with Crippen LogP contribution in [-0.2, 0) is 0 Å². The molecule has 1 aliphatic rings. The van der Waals surface area contributed by atoms with Crippen molar-refractivity contribution in [3.05, 3.63) is 35.1 Å². The molecule has 2 N–H and O–H groups in total. The SMILES string of the molecule is CCCN1CC(n2cc(-c3nc(N)ncc3F)c3cc(Br)ncc32)C1. The van der Waals surface area contributed by atoms with Crippen molar-refractivity contribution < 1.29 is 4.39 Å². The van der Waals surface area contributed by atoms with Gasteiger partial charge in [0.2, 0.25) is 5.95 Å². The van der Waals surface area contributed by atoms with Crippen LogP contribution in [0, 0.1) is 5.82 Å². The summed E-state index contributed by atoms with van der Waals surface area (Å²) >= 11 is 3.40. The van der Waals surface area contributed by atoms with Gasteiger partial charge in [-0.15, -0.1) is 0 Å². The lowest BCUT2D eigenvalue weighted by atomic mass is 10.1. The van der Waals surface area contributed by atoms with Crippen molar-refractivity contribution in [1.82, 2.24) is 24.4 Å². The zero-order valence-corrected chi connectivity index (χ0v) is 15.4. The summed E-state index contributed by atoms with van der Waals surface area (Å²) in [5, 5.41) is 0.896. The van der Waals surface area contributed by atoms with Crippen LogP contribution < -0.4 is 5.73 Å². The second kappa shape index (κ2) is 6.34. The first-order valence-corrected chi connectivity index (χ1v) is 9.03. The summed E-state index contributed by atoms with van der Waals surface area (Å²) < 4.78 is 17.2. The number of aromatic nitrogens is 4. The second-order valence-corrected chi connectivity index (χ2v) is 7.12. The lowest BCUT2D eigenvalue weighted by Crippen LogP contribution is -2.47. The quantitative estimate of drug-likeness (QED) is 0.675. The first-order chi connectivity index (χ1) is 12.1. The maximum absolute atomic E-state index is 14.3. The van der Waals surface area contributed by atoms with Crippen LogP contribution >= 0.6 is 15.9 Å². The van der Waals surface area contributed by atoms with E-state index in [1.54, 1.807) is 0 Å². The van der Waals surface area contributed by atoms with Gasteiger partial charge in [0.25, 0.3) is 0 Å². The highest BCUT2D eigenvalue weighted by molar-refractivity contribution is 9.10. The molecule has 0 bridgehead atoms. The Labute approximate surface area is 153 Å². The number of halogens is 2. The molecule has 1 aliphatic heterocycles. The molecule has 0 unspecified atom stereocenters. The van der Waals surface area contributed by atoms with Crippen molar-refractivity contribution in [1.29, 1.82) is 0 Å². The van der Waals surface area contributed by atoms with Gasteiger partial charge in [-0.2, -0.15) is 0 Å². The van der Waals surface area contributed by atoms with Crippen LogP contribution in [0.5, 0.6) is 0 Å². The predicted molar refractivity (Wildman–Crippen MR) is 98.6 cm³/mol. The number of nitrogens with zero attached hydrogens (tertiary/aromatic N) is 5. The molecule has 25 heavy (non-hydrogen) atoms. The van der Waals surface area contributed by atoms with Crippen molar-refractivity contribution in [3.8, 4) is 11.3 Å². The van der Waals surface area contributed by atoms with Crippen LogP contribution in [-0.4, -0.2) is 44.1 Å². The van der Waals surface area contributed by atoms with E-state index in [2.05, 4.69) is 47.3 Å². The van der Waals surface area contributed by atoms with Gasteiger partial charge >= 0.3 is 0 Å². The molecule has 0 radical (unpaired) electrons. The molecule has 0 spiro atoms. The average molecular weight is 405 g/mol. The Kier molecular flexibility index (Phi) is 4.16. The Bertz CT molecular complexity index is 934. The van der Waals surface area contributed by atoms with Gasteiger partial charge in [0.05, 0.1) is 24.0 Å². The fourth-order valence-corrected chi connectivity index (χ4v) is 3.73. The van der Waals surface area contributed by atoms with E-state index in [0.717, 1.165) is 43.2 Å². The Hall–Kier alpha value is -2.06. The largest absolute Gasteiger partial charge is 0.368 e. The van der Waals surface area contributed by atoms with Gasteiger partial charge in [-0.1, -0.05) is 6.92 Å². The van der Waals surface area contributed by atoms with Crippen LogP contribution in [0.4, 0.5) is 10.3 Å². The normalized spacial score (nSPS) is 15.6. The van der Waals surface area contributed by atoms with Crippen LogP contribution in [0.3, 0.4) is 0 Å². The lowest BCUT2D eigenvalue weighted by Gasteiger charge is -2.40. The third kappa shape index (κ3) is 2.89. The molecule has 8 heteroatoms. The standard InChI is InChI=1S/C17H18BrFN6/c1-2-3-24-7-10(8-24)25-9-12(11-4-15(18)21-6-14(11)25)16-13(19)5-22-17(20)23-16/h4-6,9-10H,2-3,7-8H2,1H3,(H2,20,22,23). The average Bonchev–Trinajstić information content (AvgIpc) is 2.91. The fraction of sp³-hybridized carbons (Fsp3) is 0.353. The minimum absolute atomic E-state index is 0.0585. The number of pyridine rings is 1. The van der Waals surface area contributed by atoms with Crippen molar-refractivity contribution in [3.63, 3.8) is 0 Å². The molecule has 4 rings (SSSR count). The molecule has 6 nitrogen and oxygen atoms in total. The Morgan fingerprint density at radius 2 is 2.12 bits per heavy atom. The molecule has 4 heterocycles. The van der Waals surface area contributed by atoms with Crippen molar-refractivity contribution in [2.24, 2.45) is 0 Å². The fourth-order valence-electron chi connectivity index (χ4n) is 3.40. The molecule has 3 aromatic rings. The van der Waals surface area contributed by atoms with E-state index < -0.39 is 5.82 Å². The predicted octanol–water partition coefficient (Wildman–Crippen LogP) is 3.24. The van der Waals surface area contributed by atoms with Crippen molar-refractivity contribution in [2.75, 3.05) is 25.4 Å². The number of nitrogen functional groups attached to an aromatic ring is 1. The summed E-state index contributed by atoms with van der Waals surface area (Å²) in [5.74, 6) is -0.425. The second-order valence-electron chi connectivity index (χ2n) is 6.31. The zero-order valence-electron chi connectivity index (χ0n) is 13.8. The van der Waals surface area contributed by atoms with E-state index in [1.807, 2.05) is 18.5 Å². The maximum atomic E-state index is 14.3. The van der Waals surface area contributed by atoms with E-state index in [4.69, 9.17) is 5.73 Å². The molecular formula is C17H18BrFN6. The highest BCUT2D eigenvalue weighted by atomic mass is 79.9. The highest BCUT2D eigenvalue weighted by Gasteiger charge is 2.29. The summed E-state index contributed by atoms with van der Waals surface area (Å²) in [7, 11) is 0. The van der Waals surface area contributed by atoms with Crippen molar-refractivity contribution in [2.45, 2.75) is 19.4 Å². The molecule has 0 atom stereocenters. The van der Waals surface area contributed by atoms with E-state index in [1.165, 1.54) is 0 Å². The molecule has 0 saturated carbocycles. The number of rotatable bonds is 4. The van der Waals surface area contributed by atoms with Crippen LogP contribution in [0.2, 0.25) is 0 Å². The van der Waals surface area contributed by atoms with Gasteiger partial charge in [0, 0.05) is 30.2 Å². The first-order valence-electron chi connectivity index (χ1n) is 8.23. The minimum Gasteiger partial charge on any atom is -0.368 e. The van der Waals surface area contributed by atoms with Crippen LogP contribution in [0.25, 0.3) is 22.2 Å². The number of likely N-dealkylation sites (tertiary alicyclic amines) is 1. The first kappa shape index (κ1) is 16.4. The number of anilines is 1. The summed E-state index contributed by atoms with van der Waals surface area (Å²) in [6, 6.07) is 2.24. The number of hydrogen-bond acceptors (Lipinski definition) is 5. The summed E-state index contributed by atoms with van der Waals surface area (Å²) in [4.78, 5) is 14.6. The molecule has 0 aromatic carbocycles. The summed E-state index contributed by atoms with van der Waals surface area (Å²) in [5.41, 5.74) is 7.57. The molecule has 0 aliphatic carbocycles. The van der Waals surface area contributed by atoms with Gasteiger partial charge in [0.15, 0.2) is 5.82 Å². The van der Waals surface area contributed by atoms with E-state index >= 15 is 0 Å². The number of nitrogens with two attached hydrogens (primary N) is 1. The smallest absolute Gasteiger partial charge is 0.220 e. The molecule has 0 amide bonds.